The van der Waals surface area contributed by atoms with E-state index in [1.807, 2.05) is 135 Å². The van der Waals surface area contributed by atoms with Crippen molar-refractivity contribution in [1.29, 1.82) is 0 Å². The fraction of sp³-hybridized carbons (Fsp3) is 0.558. The lowest BCUT2D eigenvalue weighted by atomic mass is 9.82. The summed E-state index contributed by atoms with van der Waals surface area (Å²) in [7, 11) is -7.86. The number of aromatic nitrogens is 2. The summed E-state index contributed by atoms with van der Waals surface area (Å²) >= 11 is 0. The van der Waals surface area contributed by atoms with E-state index in [0.29, 0.717) is 86.0 Å². The fourth-order valence-corrected chi connectivity index (χ4v) is 20.1. The number of sulfonamides is 2. The maximum absolute atomic E-state index is 14.9. The number of ketones is 2. The Morgan fingerprint density at radius 1 is 0.483 bits per heavy atom. The minimum Gasteiger partial charge on any atom is -0.472 e. The molecular formula is C86H100F6N6O16S2. The molecule has 116 heavy (non-hydrogen) atoms. The zero-order chi connectivity index (χ0) is 83.6. The second-order valence-corrected chi connectivity index (χ2v) is 38.6. The van der Waals surface area contributed by atoms with Crippen molar-refractivity contribution in [1.82, 2.24) is 29.2 Å². The Balaban J connectivity index is 0.000000202. The van der Waals surface area contributed by atoms with Gasteiger partial charge >= 0.3 is 24.3 Å². The van der Waals surface area contributed by atoms with Crippen LogP contribution in [0.3, 0.4) is 0 Å². The van der Waals surface area contributed by atoms with E-state index < -0.39 is 185 Å². The molecule has 8 aliphatic rings. The average molecular weight is 1650 g/mol. The lowest BCUT2D eigenvalue weighted by Gasteiger charge is -2.33. The molecule has 624 valence electrons. The van der Waals surface area contributed by atoms with Gasteiger partial charge in [-0.15, -0.1) is 0 Å². The third-order valence-electron chi connectivity index (χ3n) is 24.9. The van der Waals surface area contributed by atoms with E-state index in [-0.39, 0.29) is 75.2 Å². The molecule has 0 unspecified atom stereocenters. The number of benzene rings is 4. The van der Waals surface area contributed by atoms with Crippen molar-refractivity contribution in [2.24, 2.45) is 58.2 Å². The third kappa shape index (κ3) is 18.3. The summed E-state index contributed by atoms with van der Waals surface area (Å²) in [6.07, 6.45) is -0.0333. The first-order valence-corrected chi connectivity index (χ1v) is 43.3. The molecular weight excluding hydrogens is 1550 g/mol. The van der Waals surface area contributed by atoms with Gasteiger partial charge in [0.2, 0.25) is 66.6 Å². The van der Waals surface area contributed by atoms with Crippen molar-refractivity contribution in [2.45, 2.75) is 229 Å². The summed E-state index contributed by atoms with van der Waals surface area (Å²) in [5.74, 6) is -9.60. The number of esters is 2. The summed E-state index contributed by atoms with van der Waals surface area (Å²) < 4.78 is 162. The van der Waals surface area contributed by atoms with Crippen molar-refractivity contribution >= 4 is 111 Å². The minimum atomic E-state index is -4.86. The SMILES string of the molecule is C[C@@H]1CC/C=C\[C@@H]2C[C@@]2(C(=O)NS(=O)(=O)C2CC2)CC(=O)[C@@H]2C[C@@H](Oc3nc4ccccc4c4ccccc34)CN2C(=O)[C@@H](CC(=O)OC(C)(C)C(F)(F)F)[C@H](C)C1.C[C@H]1CC/C=C\[C@@H]2C[C@@]2(C(=O)NS(=O)(=O)C2CC2)CC(=O)[C@@H]2C[C@@H](Oc3nc4ccccc4c4ccccc34)CN2C(=O)[C@@H](CC(=O)OC(C)(C)C(F)(F)F)[C@H](C)C1. The lowest BCUT2D eigenvalue weighted by Crippen LogP contribution is -2.48. The van der Waals surface area contributed by atoms with Gasteiger partial charge in [0.15, 0.2) is 11.6 Å². The second kappa shape index (κ2) is 32.7. The summed E-state index contributed by atoms with van der Waals surface area (Å²) in [5.41, 5.74) is -6.99. The van der Waals surface area contributed by atoms with Crippen LogP contribution in [0.1, 0.15) is 171 Å². The number of Topliss-reactive ketones (excluding diaryl/α,β-unsaturated/α-hetero) is 2. The number of pyridine rings is 2. The fourth-order valence-electron chi connectivity index (χ4n) is 17.3. The standard InChI is InChI=1S/2C43H50F3N3O8S/c2*1-25-11-5-6-12-27-22-42(27,40(53)48-58(54,55)29-17-18-29)23-36(50)35-20-28(56-38-32-15-8-7-13-30(32)31-14-9-10-16-34(31)47-38)24-49(35)39(52)33(26(2)19-25)21-37(51)57-41(3,4)43(44,45)46/h2*6-10,12-16,25-29,33,35H,5,11,17-24H2,1-4H3,(H,48,53)/b2*12-6-/t25-,26+,27+,28+,33-,35-,42+;25-,26-,27-,28-,33+,35+,42-/m01/s1. The van der Waals surface area contributed by atoms with Gasteiger partial charge in [0, 0.05) is 47.2 Å². The molecule has 4 aromatic carbocycles. The zero-order valence-electron chi connectivity index (χ0n) is 66.2. The number of fused-ring (bicyclic) bond motifs is 10. The monoisotopic (exact) mass is 1650 g/mol. The summed E-state index contributed by atoms with van der Waals surface area (Å²) in [4.78, 5) is 126. The van der Waals surface area contributed by atoms with E-state index in [9.17, 15) is 81.5 Å². The third-order valence-corrected chi connectivity index (χ3v) is 28.5. The highest BCUT2D eigenvalue weighted by molar-refractivity contribution is 7.91. The molecule has 6 aromatic rings. The predicted molar refractivity (Wildman–Crippen MR) is 419 cm³/mol. The topological polar surface area (TPSA) is 298 Å². The minimum absolute atomic E-state index is 0.00492. The summed E-state index contributed by atoms with van der Waals surface area (Å²) in [6.45, 7) is 10.3. The van der Waals surface area contributed by atoms with Crippen LogP contribution in [0.4, 0.5) is 26.3 Å². The van der Waals surface area contributed by atoms with Crippen LogP contribution < -0.4 is 18.9 Å². The van der Waals surface area contributed by atoms with Gasteiger partial charge in [-0.05, 0) is 175 Å². The molecule has 0 radical (unpaired) electrons. The molecule has 4 aliphatic carbocycles. The first kappa shape index (κ1) is 84.8. The maximum atomic E-state index is 14.9. The van der Waals surface area contributed by atoms with Crippen molar-refractivity contribution in [3.63, 3.8) is 0 Å². The second-order valence-electron chi connectivity index (χ2n) is 34.7. The molecule has 4 aliphatic heterocycles. The van der Waals surface area contributed by atoms with Crippen molar-refractivity contribution in [3.05, 3.63) is 121 Å². The van der Waals surface area contributed by atoms with Crippen molar-refractivity contribution in [3.8, 4) is 11.8 Å². The maximum Gasteiger partial charge on any atom is 0.427 e. The van der Waals surface area contributed by atoms with Crippen LogP contribution in [0, 0.1) is 58.2 Å². The number of nitrogens with zero attached hydrogens (tertiary/aromatic N) is 4. The summed E-state index contributed by atoms with van der Waals surface area (Å²) in [6, 6.07) is 27.9. The van der Waals surface area contributed by atoms with Crippen molar-refractivity contribution < 1.29 is 100 Å². The quantitative estimate of drug-likeness (QED) is 0.0394. The number of para-hydroxylation sites is 2. The normalized spacial score (nSPS) is 29.2. The van der Waals surface area contributed by atoms with Crippen LogP contribution in [-0.2, 0) is 67.9 Å². The van der Waals surface area contributed by atoms with Crippen LogP contribution in [0.5, 0.6) is 11.8 Å². The number of amides is 4. The van der Waals surface area contributed by atoms with E-state index in [4.69, 9.17) is 28.9 Å². The van der Waals surface area contributed by atoms with Gasteiger partial charge in [-0.25, -0.2) is 26.8 Å². The Morgan fingerprint density at radius 2 is 0.819 bits per heavy atom. The number of hydrogen-bond donors (Lipinski definition) is 2. The van der Waals surface area contributed by atoms with Gasteiger partial charge in [-0.2, -0.15) is 26.3 Å². The molecule has 14 atom stereocenters. The first-order chi connectivity index (χ1) is 54.6. The Kier molecular flexibility index (Phi) is 23.9. The molecule has 14 rings (SSSR count). The van der Waals surface area contributed by atoms with Crippen LogP contribution in [0.25, 0.3) is 43.4 Å². The van der Waals surface area contributed by atoms with Crippen molar-refractivity contribution in [2.75, 3.05) is 13.1 Å². The van der Waals surface area contributed by atoms with Gasteiger partial charge in [0.25, 0.3) is 0 Å². The van der Waals surface area contributed by atoms with Gasteiger partial charge in [-0.1, -0.05) is 125 Å². The zero-order valence-corrected chi connectivity index (χ0v) is 67.8. The van der Waals surface area contributed by atoms with Gasteiger partial charge in [-0.3, -0.25) is 47.8 Å². The number of carbonyl (C=O) groups is 8. The molecule has 4 amide bonds. The molecule has 2 saturated heterocycles. The number of carbonyl (C=O) groups excluding carboxylic acids is 8. The number of nitrogens with one attached hydrogen (secondary N) is 2. The smallest absolute Gasteiger partial charge is 0.427 e. The Bertz CT molecular complexity index is 4830. The molecule has 4 saturated carbocycles. The molecule has 0 spiro atoms. The average Bonchev–Trinajstić information content (AvgIpc) is 1.57. The molecule has 6 fully saturated rings. The molecule has 2 aromatic heterocycles. The van der Waals surface area contributed by atoms with Crippen LogP contribution >= 0.6 is 0 Å². The number of allylic oxidation sites excluding steroid dienone is 4. The van der Waals surface area contributed by atoms with E-state index in [2.05, 4.69) is 9.44 Å². The van der Waals surface area contributed by atoms with E-state index in [1.54, 1.807) is 13.8 Å². The van der Waals surface area contributed by atoms with E-state index in [1.165, 1.54) is 9.80 Å². The van der Waals surface area contributed by atoms with Gasteiger partial charge < -0.3 is 28.7 Å². The first-order valence-electron chi connectivity index (χ1n) is 40.2. The highest BCUT2D eigenvalue weighted by Crippen LogP contribution is 2.59. The lowest BCUT2D eigenvalue weighted by molar-refractivity contribution is -0.257. The Labute approximate surface area is 670 Å². The van der Waals surface area contributed by atoms with E-state index >= 15 is 0 Å². The van der Waals surface area contributed by atoms with Gasteiger partial charge in [0.05, 0.1) is 82.2 Å². The highest BCUT2D eigenvalue weighted by Gasteiger charge is 2.64. The predicted octanol–water partition coefficient (Wildman–Crippen LogP) is 14.4. The van der Waals surface area contributed by atoms with E-state index in [0.717, 1.165) is 49.2 Å². The van der Waals surface area contributed by atoms with Gasteiger partial charge in [0.1, 0.15) is 12.2 Å². The van der Waals surface area contributed by atoms with Crippen LogP contribution in [0.15, 0.2) is 121 Å². The highest BCUT2D eigenvalue weighted by atomic mass is 32.2. The largest absolute Gasteiger partial charge is 0.472 e. The molecule has 30 heteroatoms. The molecule has 22 nitrogen and oxygen atoms in total. The van der Waals surface area contributed by atoms with Crippen LogP contribution in [-0.4, -0.2) is 155 Å². The molecule has 6 heterocycles. The summed E-state index contributed by atoms with van der Waals surface area (Å²) in [5, 5.41) is 3.67. The Hall–Kier alpha value is -9.06. The number of halogens is 6. The molecule has 2 N–H and O–H groups in total. The number of ether oxygens (including phenoxy) is 4. The van der Waals surface area contributed by atoms with Crippen LogP contribution in [0.2, 0.25) is 0 Å². The number of rotatable bonds is 16. The number of alkyl halides is 6. The Morgan fingerprint density at radius 3 is 1.16 bits per heavy atom. The molecule has 0 bridgehead atoms. The number of hydrogen-bond acceptors (Lipinski definition) is 18.